The van der Waals surface area contributed by atoms with E-state index in [9.17, 15) is 0 Å². The van der Waals surface area contributed by atoms with E-state index in [1.165, 1.54) is 0 Å². The van der Waals surface area contributed by atoms with Gasteiger partial charge in [-0.1, -0.05) is 12.1 Å². The Hall–Kier alpha value is -1.34. The minimum Gasteiger partial charge on any atom is -0.489 e. The molecule has 0 radical (unpaired) electrons. The number of hydrogen-bond donors (Lipinski definition) is 1. The molecule has 0 aliphatic heterocycles. The smallest absolute Gasteiger partial charge is 0.142 e. The van der Waals surface area contributed by atoms with Crippen molar-refractivity contribution >= 4 is 5.69 Å². The molecule has 2 N–H and O–H groups in total. The highest BCUT2D eigenvalue weighted by Crippen LogP contribution is 2.19. The van der Waals surface area contributed by atoms with Gasteiger partial charge in [-0.15, -0.1) is 0 Å². The van der Waals surface area contributed by atoms with E-state index in [0.29, 0.717) is 64.3 Å². The van der Waals surface area contributed by atoms with Crippen molar-refractivity contribution in [1.82, 2.24) is 0 Å². The summed E-state index contributed by atoms with van der Waals surface area (Å²) in [7, 11) is 0. The number of rotatable bonds is 14. The van der Waals surface area contributed by atoms with Crippen molar-refractivity contribution in [2.45, 2.75) is 20.0 Å². The van der Waals surface area contributed by atoms with Crippen LogP contribution < -0.4 is 10.5 Å². The lowest BCUT2D eigenvalue weighted by molar-refractivity contribution is -0.0134. The largest absolute Gasteiger partial charge is 0.489 e. The minimum atomic E-state index is 0.245. The van der Waals surface area contributed by atoms with Gasteiger partial charge in [0.2, 0.25) is 0 Å². The molecule has 0 heterocycles. The van der Waals surface area contributed by atoms with Gasteiger partial charge in [0.25, 0.3) is 0 Å². The van der Waals surface area contributed by atoms with E-state index in [4.69, 9.17) is 29.4 Å². The van der Waals surface area contributed by atoms with Crippen LogP contribution in [-0.4, -0.2) is 59.0 Å². The Bertz CT molecular complexity index is 400. The Morgan fingerprint density at radius 1 is 0.783 bits per heavy atom. The monoisotopic (exact) mass is 327 g/mol. The third-order valence-corrected chi connectivity index (χ3v) is 2.83. The summed E-state index contributed by atoms with van der Waals surface area (Å²) in [5.41, 5.74) is 6.40. The molecule has 0 amide bonds. The lowest BCUT2D eigenvalue weighted by Crippen LogP contribution is -2.14. The average Bonchev–Trinajstić information content (AvgIpc) is 2.53. The second kappa shape index (κ2) is 13.1. The Morgan fingerprint density at radius 2 is 1.30 bits per heavy atom. The number of nitrogen functional groups attached to an aromatic ring is 1. The molecule has 0 fully saturated rings. The van der Waals surface area contributed by atoms with Gasteiger partial charge in [0.15, 0.2) is 0 Å². The van der Waals surface area contributed by atoms with Crippen LogP contribution in [0, 0.1) is 0 Å². The zero-order valence-corrected chi connectivity index (χ0v) is 14.2. The van der Waals surface area contributed by atoms with E-state index in [1.807, 2.05) is 32.0 Å². The fraction of sp³-hybridized carbons (Fsp3) is 0.647. The van der Waals surface area contributed by atoms with E-state index in [2.05, 4.69) is 0 Å². The zero-order valence-electron chi connectivity index (χ0n) is 14.2. The van der Waals surface area contributed by atoms with Gasteiger partial charge in [-0.25, -0.2) is 0 Å². The quantitative estimate of drug-likeness (QED) is 0.417. The molecule has 23 heavy (non-hydrogen) atoms. The summed E-state index contributed by atoms with van der Waals surface area (Å²) in [5, 5.41) is 0. The predicted octanol–water partition coefficient (Wildman–Crippen LogP) is 2.12. The normalized spacial score (nSPS) is 11.1. The van der Waals surface area contributed by atoms with Gasteiger partial charge >= 0.3 is 0 Å². The van der Waals surface area contributed by atoms with Crippen LogP contribution in [-0.2, 0) is 18.9 Å². The summed E-state index contributed by atoms with van der Waals surface area (Å²) < 4.78 is 27.0. The molecular formula is C17H29NO5. The average molecular weight is 327 g/mol. The molecule has 0 atom stereocenters. The van der Waals surface area contributed by atoms with E-state index < -0.39 is 0 Å². The van der Waals surface area contributed by atoms with E-state index >= 15 is 0 Å². The second-order valence-electron chi connectivity index (χ2n) is 5.14. The van der Waals surface area contributed by atoms with Crippen molar-refractivity contribution in [3.05, 3.63) is 24.3 Å². The minimum absolute atomic E-state index is 0.245. The highest BCUT2D eigenvalue weighted by molar-refractivity contribution is 5.51. The SMILES string of the molecule is CC(C)OCCOCCOCCOCCOc1ccccc1N. The standard InChI is InChI=1S/C17H29NO5/c1-15(2)22-13-11-20-9-7-19-8-10-21-12-14-23-17-6-4-3-5-16(17)18/h3-6,15H,7-14,18H2,1-2H3. The second-order valence-corrected chi connectivity index (χ2v) is 5.14. The topological polar surface area (TPSA) is 72.2 Å². The van der Waals surface area contributed by atoms with E-state index in [0.717, 1.165) is 0 Å². The maximum atomic E-state index is 5.77. The van der Waals surface area contributed by atoms with Crippen molar-refractivity contribution in [2.24, 2.45) is 0 Å². The summed E-state index contributed by atoms with van der Waals surface area (Å²) >= 11 is 0. The van der Waals surface area contributed by atoms with Crippen molar-refractivity contribution < 1.29 is 23.7 Å². The van der Waals surface area contributed by atoms with Crippen molar-refractivity contribution in [3.8, 4) is 5.75 Å². The fourth-order valence-corrected chi connectivity index (χ4v) is 1.71. The maximum Gasteiger partial charge on any atom is 0.142 e. The Kier molecular flexibility index (Phi) is 11.3. The van der Waals surface area contributed by atoms with Gasteiger partial charge in [0.05, 0.1) is 58.0 Å². The first-order valence-electron chi connectivity index (χ1n) is 8.02. The molecule has 6 nitrogen and oxygen atoms in total. The molecule has 0 bridgehead atoms. The van der Waals surface area contributed by atoms with Crippen LogP contribution in [0.3, 0.4) is 0 Å². The molecule has 0 unspecified atom stereocenters. The third-order valence-electron chi connectivity index (χ3n) is 2.83. The molecule has 1 aromatic rings. The van der Waals surface area contributed by atoms with Gasteiger partial charge in [0, 0.05) is 0 Å². The zero-order chi connectivity index (χ0) is 16.8. The Balaban J connectivity index is 1.81. The predicted molar refractivity (Wildman–Crippen MR) is 89.9 cm³/mol. The van der Waals surface area contributed by atoms with Crippen LogP contribution in [0.25, 0.3) is 0 Å². The number of para-hydroxylation sites is 2. The number of anilines is 1. The molecule has 0 saturated heterocycles. The first-order chi connectivity index (χ1) is 11.2. The van der Waals surface area contributed by atoms with Crippen LogP contribution in [0.2, 0.25) is 0 Å². The summed E-state index contributed by atoms with van der Waals surface area (Å²) in [6, 6.07) is 7.40. The maximum absolute atomic E-state index is 5.77. The highest BCUT2D eigenvalue weighted by atomic mass is 16.6. The number of benzene rings is 1. The van der Waals surface area contributed by atoms with Crippen molar-refractivity contribution in [3.63, 3.8) is 0 Å². The summed E-state index contributed by atoms with van der Waals surface area (Å²) in [5.74, 6) is 0.686. The third kappa shape index (κ3) is 10.9. The van der Waals surface area contributed by atoms with Crippen molar-refractivity contribution in [2.75, 3.05) is 58.6 Å². The molecule has 1 rings (SSSR count). The summed E-state index contributed by atoms with van der Waals surface area (Å²) in [6.45, 7) is 8.38. The van der Waals surface area contributed by atoms with Gasteiger partial charge < -0.3 is 29.4 Å². The van der Waals surface area contributed by atoms with Gasteiger partial charge in [-0.3, -0.25) is 0 Å². The lowest BCUT2D eigenvalue weighted by atomic mass is 10.3. The molecule has 0 aliphatic rings. The Labute approximate surface area is 138 Å². The Morgan fingerprint density at radius 3 is 1.87 bits per heavy atom. The molecule has 0 aromatic heterocycles. The first-order valence-corrected chi connectivity index (χ1v) is 8.02. The van der Waals surface area contributed by atoms with Gasteiger partial charge in [-0.2, -0.15) is 0 Å². The van der Waals surface area contributed by atoms with E-state index in [-0.39, 0.29) is 6.10 Å². The molecule has 132 valence electrons. The molecular weight excluding hydrogens is 298 g/mol. The van der Waals surface area contributed by atoms with Crippen LogP contribution in [0.1, 0.15) is 13.8 Å². The van der Waals surface area contributed by atoms with Crippen LogP contribution in [0.5, 0.6) is 5.75 Å². The molecule has 0 aliphatic carbocycles. The number of hydrogen-bond acceptors (Lipinski definition) is 6. The molecule has 0 saturated carbocycles. The van der Waals surface area contributed by atoms with Gasteiger partial charge in [-0.05, 0) is 26.0 Å². The fourth-order valence-electron chi connectivity index (χ4n) is 1.71. The molecule has 6 heteroatoms. The van der Waals surface area contributed by atoms with Crippen LogP contribution in [0.15, 0.2) is 24.3 Å². The summed E-state index contributed by atoms with van der Waals surface area (Å²) in [4.78, 5) is 0. The lowest BCUT2D eigenvalue weighted by Gasteiger charge is -2.10. The van der Waals surface area contributed by atoms with Crippen molar-refractivity contribution in [1.29, 1.82) is 0 Å². The van der Waals surface area contributed by atoms with E-state index in [1.54, 1.807) is 6.07 Å². The number of nitrogens with two attached hydrogens (primary N) is 1. The highest BCUT2D eigenvalue weighted by Gasteiger charge is 1.98. The number of ether oxygens (including phenoxy) is 5. The molecule has 1 aromatic carbocycles. The molecule has 0 spiro atoms. The van der Waals surface area contributed by atoms with Gasteiger partial charge in [0.1, 0.15) is 12.4 Å². The van der Waals surface area contributed by atoms with Crippen LogP contribution in [0.4, 0.5) is 5.69 Å². The van der Waals surface area contributed by atoms with Crippen LogP contribution >= 0.6 is 0 Å². The summed E-state index contributed by atoms with van der Waals surface area (Å²) in [6.07, 6.45) is 0.245. The first kappa shape index (κ1) is 19.7.